The molecule has 14 heteroatoms. The summed E-state index contributed by atoms with van der Waals surface area (Å²) in [6, 6.07) is 3.54. The van der Waals surface area contributed by atoms with Gasteiger partial charge in [0.05, 0.1) is 11.9 Å². The van der Waals surface area contributed by atoms with E-state index < -0.39 is 0 Å². The molecule has 1 aliphatic rings. The maximum atomic E-state index is 13.1. The molecule has 0 radical (unpaired) electrons. The number of H-pyrrole nitrogens is 2. The minimum absolute atomic E-state index is 0.0648. The highest BCUT2D eigenvalue weighted by Gasteiger charge is 2.41. The number of hydrogen-bond donors (Lipinski definition) is 6. The first-order valence-electron chi connectivity index (χ1n) is 12.0. The highest BCUT2D eigenvalue weighted by molar-refractivity contribution is 9.10. The smallest absolute Gasteiger partial charge is 0.267 e. The van der Waals surface area contributed by atoms with E-state index in [0.717, 1.165) is 26.0 Å². The van der Waals surface area contributed by atoms with E-state index in [2.05, 4.69) is 62.4 Å². The van der Waals surface area contributed by atoms with Crippen molar-refractivity contribution in [3.63, 3.8) is 0 Å². The van der Waals surface area contributed by atoms with E-state index in [0.29, 0.717) is 36.8 Å². The largest absolute Gasteiger partial charge is 0.369 e. The van der Waals surface area contributed by atoms with Crippen LogP contribution in [0, 0.1) is 11.8 Å². The Morgan fingerprint density at radius 2 is 1.61 bits per heavy atom. The number of aryl methyl sites for hydroxylation is 2. The fourth-order valence-corrected chi connectivity index (χ4v) is 6.30. The Hall–Kier alpha value is -3.52. The number of fused-ring (bicyclic) bond motifs is 1. The molecule has 3 atom stereocenters. The Balaban J connectivity index is 1.45. The summed E-state index contributed by atoms with van der Waals surface area (Å²) in [5.74, 6) is -0.308. The zero-order valence-electron chi connectivity index (χ0n) is 20.8. The van der Waals surface area contributed by atoms with Crippen LogP contribution in [0.4, 0.5) is 11.9 Å². The Labute approximate surface area is 235 Å². The molecule has 0 spiro atoms. The minimum Gasteiger partial charge on any atom is -0.369 e. The molecule has 2 amide bonds. The van der Waals surface area contributed by atoms with Gasteiger partial charge in [-0.3, -0.25) is 9.59 Å². The van der Waals surface area contributed by atoms with Gasteiger partial charge in [0.25, 0.3) is 11.8 Å². The van der Waals surface area contributed by atoms with E-state index in [9.17, 15) is 9.59 Å². The predicted molar refractivity (Wildman–Crippen MR) is 149 cm³/mol. The lowest BCUT2D eigenvalue weighted by molar-refractivity contribution is 0.0902. The summed E-state index contributed by atoms with van der Waals surface area (Å²) in [6.45, 7) is 0.698. The molecular weight excluding hydrogens is 620 g/mol. The topological polar surface area (TPSA) is 177 Å². The molecule has 12 nitrogen and oxygen atoms in total. The number of carbonyl (C=O) groups excluding carboxylic acids is 2. The normalized spacial score (nSPS) is 18.8. The maximum absolute atomic E-state index is 13.1. The van der Waals surface area contributed by atoms with Crippen LogP contribution in [0.1, 0.15) is 44.0 Å². The molecular formula is C24H28Br2N10O2. The van der Waals surface area contributed by atoms with Crippen LogP contribution in [-0.4, -0.2) is 54.0 Å². The average molecular weight is 648 g/mol. The second kappa shape index (κ2) is 10.3. The monoisotopic (exact) mass is 646 g/mol. The van der Waals surface area contributed by atoms with E-state index in [4.69, 9.17) is 11.5 Å². The van der Waals surface area contributed by atoms with Crippen molar-refractivity contribution in [3.8, 4) is 0 Å². The molecule has 0 bridgehead atoms. The number of imidazole rings is 2. The van der Waals surface area contributed by atoms with Gasteiger partial charge >= 0.3 is 0 Å². The lowest BCUT2D eigenvalue weighted by Crippen LogP contribution is -2.44. The number of nitrogen functional groups attached to an aromatic ring is 2. The number of nitrogens with one attached hydrogen (secondary N) is 4. The zero-order chi connectivity index (χ0) is 27.1. The number of hydrogen-bond acceptors (Lipinski definition) is 6. The lowest BCUT2D eigenvalue weighted by atomic mass is 9.71. The van der Waals surface area contributed by atoms with Gasteiger partial charge in [-0.15, -0.1) is 0 Å². The second-order valence-corrected chi connectivity index (χ2v) is 11.4. The molecule has 38 heavy (non-hydrogen) atoms. The summed E-state index contributed by atoms with van der Waals surface area (Å²) < 4.78 is 5.17. The first-order chi connectivity index (χ1) is 18.1. The van der Waals surface area contributed by atoms with E-state index in [1.807, 2.05) is 26.5 Å². The van der Waals surface area contributed by atoms with Gasteiger partial charge in [0.15, 0.2) is 11.9 Å². The highest BCUT2D eigenvalue weighted by Crippen LogP contribution is 2.42. The molecule has 5 rings (SSSR count). The van der Waals surface area contributed by atoms with Crippen molar-refractivity contribution in [1.82, 2.24) is 39.7 Å². The predicted octanol–water partition coefficient (Wildman–Crippen LogP) is 2.28. The van der Waals surface area contributed by atoms with Gasteiger partial charge in [0.1, 0.15) is 11.4 Å². The van der Waals surface area contributed by atoms with Crippen LogP contribution < -0.4 is 22.1 Å². The van der Waals surface area contributed by atoms with Crippen LogP contribution in [-0.2, 0) is 20.5 Å². The Morgan fingerprint density at radius 3 is 2.13 bits per heavy atom. The van der Waals surface area contributed by atoms with Crippen LogP contribution in [0.2, 0.25) is 0 Å². The Kier molecular flexibility index (Phi) is 7.09. The SMILES string of the molecule is Cn1cc(Br)cc1C(=O)NC[C@@H]1Cc2[nH]c(N)nc2[C@H](c2cnc(N)[nH]2)[C@H]1CNC(=O)c1cc(Br)cn1C. The summed E-state index contributed by atoms with van der Waals surface area (Å²) in [4.78, 5) is 41.2. The number of nitrogens with zero attached hydrogens (tertiary/aromatic N) is 4. The van der Waals surface area contributed by atoms with Gasteiger partial charge in [0, 0.05) is 65.8 Å². The van der Waals surface area contributed by atoms with Crippen molar-refractivity contribution in [2.45, 2.75) is 12.3 Å². The van der Waals surface area contributed by atoms with E-state index >= 15 is 0 Å². The van der Waals surface area contributed by atoms with E-state index in [1.54, 1.807) is 27.5 Å². The summed E-state index contributed by atoms with van der Waals surface area (Å²) >= 11 is 6.84. The van der Waals surface area contributed by atoms with Gasteiger partial charge in [-0.1, -0.05) is 0 Å². The summed E-state index contributed by atoms with van der Waals surface area (Å²) in [6.07, 6.45) is 5.92. The van der Waals surface area contributed by atoms with Crippen molar-refractivity contribution in [2.24, 2.45) is 25.9 Å². The van der Waals surface area contributed by atoms with Crippen LogP contribution in [0.5, 0.6) is 0 Å². The third-order valence-corrected chi connectivity index (χ3v) is 7.87. The highest BCUT2D eigenvalue weighted by atomic mass is 79.9. The quantitative estimate of drug-likeness (QED) is 0.179. The molecule has 200 valence electrons. The van der Waals surface area contributed by atoms with Crippen molar-refractivity contribution >= 4 is 55.6 Å². The molecule has 0 saturated heterocycles. The van der Waals surface area contributed by atoms with Crippen LogP contribution in [0.3, 0.4) is 0 Å². The number of carbonyl (C=O) groups is 2. The fraction of sp³-hybridized carbons (Fsp3) is 0.333. The van der Waals surface area contributed by atoms with Gasteiger partial charge in [0.2, 0.25) is 0 Å². The fourth-order valence-electron chi connectivity index (χ4n) is 5.26. The first-order valence-corrected chi connectivity index (χ1v) is 13.5. The molecule has 0 saturated carbocycles. The van der Waals surface area contributed by atoms with Gasteiger partial charge in [-0.2, -0.15) is 0 Å². The third kappa shape index (κ3) is 5.10. The summed E-state index contributed by atoms with van der Waals surface area (Å²) in [5.41, 5.74) is 15.5. The molecule has 0 fully saturated rings. The zero-order valence-corrected chi connectivity index (χ0v) is 23.9. The molecule has 0 aliphatic heterocycles. The van der Waals surface area contributed by atoms with E-state index in [1.165, 1.54) is 0 Å². The number of rotatable bonds is 7. The van der Waals surface area contributed by atoms with Crippen LogP contribution in [0.15, 0.2) is 39.7 Å². The number of halogens is 2. The number of nitrogens with two attached hydrogens (primary N) is 2. The molecule has 0 aromatic carbocycles. The van der Waals surface area contributed by atoms with Crippen molar-refractivity contribution < 1.29 is 9.59 Å². The average Bonchev–Trinajstić information content (AvgIpc) is 3.61. The molecule has 0 unspecified atom stereocenters. The van der Waals surface area contributed by atoms with Gasteiger partial charge < -0.3 is 41.2 Å². The molecule has 4 heterocycles. The summed E-state index contributed by atoms with van der Waals surface area (Å²) in [7, 11) is 3.63. The van der Waals surface area contributed by atoms with Crippen molar-refractivity contribution in [2.75, 3.05) is 24.6 Å². The molecule has 4 aromatic heterocycles. The Morgan fingerprint density at radius 1 is 1.00 bits per heavy atom. The molecule has 8 N–H and O–H groups in total. The Bertz CT molecular complexity index is 1500. The van der Waals surface area contributed by atoms with E-state index in [-0.39, 0.29) is 35.5 Å². The number of aromatic amines is 2. The molecule has 4 aromatic rings. The van der Waals surface area contributed by atoms with Crippen molar-refractivity contribution in [3.05, 3.63) is 68.1 Å². The third-order valence-electron chi connectivity index (χ3n) is 7.01. The second-order valence-electron chi connectivity index (χ2n) is 9.54. The summed E-state index contributed by atoms with van der Waals surface area (Å²) in [5, 5.41) is 6.17. The van der Waals surface area contributed by atoms with Gasteiger partial charge in [-0.05, 0) is 62.2 Å². The molecule has 1 aliphatic carbocycles. The van der Waals surface area contributed by atoms with Crippen LogP contribution >= 0.6 is 31.9 Å². The standard InChI is InChI=1S/C24H28Br2N10O2/c1-35-9-12(25)4-17(35)21(37)29-6-11-3-15-20(34-24(28)32-15)19(16-8-31-23(27)33-16)14(11)7-30-22(38)18-5-13(26)10-36(18)2/h4-5,8-11,14,19H,3,6-7H2,1-2H3,(H,29,37)(H,30,38)(H3,27,31,33)(H3,28,32,34)/t11-,14-,19-/m0/s1. The maximum Gasteiger partial charge on any atom is 0.267 e. The lowest BCUT2D eigenvalue weighted by Gasteiger charge is -2.37. The number of aromatic nitrogens is 6. The number of amides is 2. The number of anilines is 2. The first kappa shape index (κ1) is 26.1. The van der Waals surface area contributed by atoms with Gasteiger partial charge in [-0.25, -0.2) is 9.97 Å². The van der Waals surface area contributed by atoms with Crippen molar-refractivity contribution in [1.29, 1.82) is 0 Å². The minimum atomic E-state index is -0.288. The van der Waals surface area contributed by atoms with Crippen LogP contribution in [0.25, 0.3) is 0 Å².